The Bertz CT molecular complexity index is 441. The van der Waals surface area contributed by atoms with Crippen LogP contribution >= 0.6 is 24.8 Å². The van der Waals surface area contributed by atoms with E-state index in [-0.39, 0.29) is 36.6 Å². The standard InChI is InChI=1S/C15H25N5O.2ClH/c1-3-17-12(2)10-19-15(21)13-4-8-20(9-5-13)14-11-16-6-7-18-14;;/h6-7,11-13,17H,3-5,8-10H2,1-2H3,(H,19,21);2*1H/t12-;;/m1../s1. The fraction of sp³-hybridized carbons (Fsp3) is 0.667. The molecule has 2 rings (SSSR count). The molecule has 1 amide bonds. The van der Waals surface area contributed by atoms with Gasteiger partial charge in [0.25, 0.3) is 0 Å². The number of carbonyl (C=O) groups is 1. The second-order valence-electron chi connectivity index (χ2n) is 5.53. The van der Waals surface area contributed by atoms with Crippen molar-refractivity contribution in [2.45, 2.75) is 32.7 Å². The minimum absolute atomic E-state index is 0. The lowest BCUT2D eigenvalue weighted by Gasteiger charge is -2.32. The lowest BCUT2D eigenvalue weighted by molar-refractivity contribution is -0.125. The highest BCUT2D eigenvalue weighted by Crippen LogP contribution is 2.21. The summed E-state index contributed by atoms with van der Waals surface area (Å²) in [4.78, 5) is 22.8. The molecule has 0 saturated carbocycles. The van der Waals surface area contributed by atoms with Gasteiger partial charge in [-0.1, -0.05) is 6.92 Å². The number of rotatable bonds is 6. The summed E-state index contributed by atoms with van der Waals surface area (Å²) in [7, 11) is 0. The number of likely N-dealkylation sites (N-methyl/N-ethyl adjacent to an activating group) is 1. The number of halogens is 2. The van der Waals surface area contributed by atoms with Crippen LogP contribution < -0.4 is 15.5 Å². The van der Waals surface area contributed by atoms with Crippen LogP contribution in [0.25, 0.3) is 0 Å². The van der Waals surface area contributed by atoms with E-state index in [4.69, 9.17) is 0 Å². The third-order valence-electron chi connectivity index (χ3n) is 3.87. The van der Waals surface area contributed by atoms with E-state index >= 15 is 0 Å². The van der Waals surface area contributed by atoms with Gasteiger partial charge in [-0.15, -0.1) is 24.8 Å². The molecule has 1 saturated heterocycles. The Hall–Kier alpha value is -1.11. The first-order valence-electron chi connectivity index (χ1n) is 7.72. The first-order valence-corrected chi connectivity index (χ1v) is 7.72. The number of carbonyl (C=O) groups excluding carboxylic acids is 1. The van der Waals surface area contributed by atoms with Crippen LogP contribution in [0.1, 0.15) is 26.7 Å². The molecule has 2 heterocycles. The zero-order valence-electron chi connectivity index (χ0n) is 13.7. The molecule has 1 aromatic rings. The van der Waals surface area contributed by atoms with Crippen molar-refractivity contribution >= 4 is 36.5 Å². The van der Waals surface area contributed by atoms with Gasteiger partial charge in [-0.2, -0.15) is 0 Å². The molecule has 0 spiro atoms. The minimum Gasteiger partial charge on any atom is -0.355 e. The van der Waals surface area contributed by atoms with Gasteiger partial charge in [-0.3, -0.25) is 9.78 Å². The van der Waals surface area contributed by atoms with Crippen LogP contribution in [-0.2, 0) is 4.79 Å². The quantitative estimate of drug-likeness (QED) is 0.803. The molecule has 0 aliphatic carbocycles. The maximum Gasteiger partial charge on any atom is 0.223 e. The number of anilines is 1. The molecule has 132 valence electrons. The van der Waals surface area contributed by atoms with Crippen molar-refractivity contribution in [3.8, 4) is 0 Å². The van der Waals surface area contributed by atoms with Gasteiger partial charge in [0.15, 0.2) is 0 Å². The van der Waals surface area contributed by atoms with Crippen LogP contribution in [0.2, 0.25) is 0 Å². The number of aromatic nitrogens is 2. The Balaban J connectivity index is 0.00000242. The molecular weight excluding hydrogens is 337 g/mol. The largest absolute Gasteiger partial charge is 0.355 e. The molecule has 0 bridgehead atoms. The van der Waals surface area contributed by atoms with Gasteiger partial charge in [0.1, 0.15) is 5.82 Å². The first kappa shape index (κ1) is 21.9. The lowest BCUT2D eigenvalue weighted by Crippen LogP contribution is -2.44. The number of nitrogens with zero attached hydrogens (tertiary/aromatic N) is 3. The van der Waals surface area contributed by atoms with Crippen LogP contribution in [-0.4, -0.2) is 48.1 Å². The number of hydrogen-bond acceptors (Lipinski definition) is 5. The SMILES string of the molecule is CCN[C@H](C)CNC(=O)C1CCN(c2cnccn2)CC1.Cl.Cl. The smallest absolute Gasteiger partial charge is 0.223 e. The van der Waals surface area contributed by atoms with Crippen molar-refractivity contribution < 1.29 is 4.79 Å². The Morgan fingerprint density at radius 3 is 2.61 bits per heavy atom. The van der Waals surface area contributed by atoms with E-state index in [9.17, 15) is 4.79 Å². The van der Waals surface area contributed by atoms with E-state index in [0.29, 0.717) is 12.6 Å². The van der Waals surface area contributed by atoms with Crippen molar-refractivity contribution in [3.05, 3.63) is 18.6 Å². The monoisotopic (exact) mass is 363 g/mol. The first-order chi connectivity index (χ1) is 10.2. The molecule has 23 heavy (non-hydrogen) atoms. The van der Waals surface area contributed by atoms with Gasteiger partial charge in [-0.25, -0.2) is 4.98 Å². The van der Waals surface area contributed by atoms with E-state index in [1.54, 1.807) is 18.6 Å². The third-order valence-corrected chi connectivity index (χ3v) is 3.87. The fourth-order valence-electron chi connectivity index (χ4n) is 2.64. The van der Waals surface area contributed by atoms with E-state index < -0.39 is 0 Å². The van der Waals surface area contributed by atoms with Crippen molar-refractivity contribution in [3.63, 3.8) is 0 Å². The Kier molecular flexibility index (Phi) is 10.9. The third kappa shape index (κ3) is 6.89. The summed E-state index contributed by atoms with van der Waals surface area (Å²) in [5.41, 5.74) is 0. The molecule has 1 fully saturated rings. The van der Waals surface area contributed by atoms with Gasteiger partial charge in [0.2, 0.25) is 5.91 Å². The molecule has 2 N–H and O–H groups in total. The maximum atomic E-state index is 12.2. The molecule has 8 heteroatoms. The molecule has 1 atom stereocenters. The molecule has 1 aliphatic heterocycles. The van der Waals surface area contributed by atoms with Gasteiger partial charge in [-0.05, 0) is 26.3 Å². The molecule has 0 radical (unpaired) electrons. The number of hydrogen-bond donors (Lipinski definition) is 2. The summed E-state index contributed by atoms with van der Waals surface area (Å²) in [6.07, 6.45) is 6.90. The van der Waals surface area contributed by atoms with Gasteiger partial charge in [0, 0.05) is 44.0 Å². The summed E-state index contributed by atoms with van der Waals surface area (Å²) in [6.45, 7) is 7.49. The number of nitrogens with one attached hydrogen (secondary N) is 2. The van der Waals surface area contributed by atoms with Gasteiger partial charge < -0.3 is 15.5 Å². The number of amides is 1. The average Bonchev–Trinajstić information content (AvgIpc) is 2.54. The van der Waals surface area contributed by atoms with Crippen LogP contribution in [0.3, 0.4) is 0 Å². The number of piperidine rings is 1. The van der Waals surface area contributed by atoms with E-state index in [1.807, 2.05) is 0 Å². The van der Waals surface area contributed by atoms with Crippen LogP contribution in [0.4, 0.5) is 5.82 Å². The summed E-state index contributed by atoms with van der Waals surface area (Å²) >= 11 is 0. The zero-order valence-corrected chi connectivity index (χ0v) is 15.3. The predicted molar refractivity (Wildman–Crippen MR) is 97.6 cm³/mol. The second-order valence-corrected chi connectivity index (χ2v) is 5.53. The molecule has 0 unspecified atom stereocenters. The molecule has 0 aromatic carbocycles. The molecule has 1 aromatic heterocycles. The summed E-state index contributed by atoms with van der Waals surface area (Å²) in [5.74, 6) is 1.20. The fourth-order valence-corrected chi connectivity index (χ4v) is 2.64. The summed E-state index contributed by atoms with van der Waals surface area (Å²) in [5, 5.41) is 6.34. The van der Waals surface area contributed by atoms with Crippen LogP contribution in [0, 0.1) is 5.92 Å². The normalized spacial score (nSPS) is 16.0. The topological polar surface area (TPSA) is 70.2 Å². The van der Waals surface area contributed by atoms with E-state index in [1.165, 1.54) is 0 Å². The van der Waals surface area contributed by atoms with Crippen LogP contribution in [0.5, 0.6) is 0 Å². The van der Waals surface area contributed by atoms with Gasteiger partial charge >= 0.3 is 0 Å². The van der Waals surface area contributed by atoms with Crippen molar-refractivity contribution in [1.82, 2.24) is 20.6 Å². The van der Waals surface area contributed by atoms with E-state index in [2.05, 4.69) is 39.3 Å². The predicted octanol–water partition coefficient (Wildman–Crippen LogP) is 1.65. The average molecular weight is 364 g/mol. The highest BCUT2D eigenvalue weighted by atomic mass is 35.5. The van der Waals surface area contributed by atoms with Crippen molar-refractivity contribution in [1.29, 1.82) is 0 Å². The van der Waals surface area contributed by atoms with Crippen molar-refractivity contribution in [2.75, 3.05) is 31.1 Å². The Morgan fingerprint density at radius 2 is 2.04 bits per heavy atom. The second kappa shape index (κ2) is 11.4. The maximum absolute atomic E-state index is 12.2. The molecular formula is C15H27Cl2N5O. The highest BCUT2D eigenvalue weighted by molar-refractivity contribution is 5.85. The van der Waals surface area contributed by atoms with Gasteiger partial charge in [0.05, 0.1) is 6.20 Å². The van der Waals surface area contributed by atoms with E-state index in [0.717, 1.165) is 38.3 Å². The molecule has 6 nitrogen and oxygen atoms in total. The Labute approximate surface area is 150 Å². The van der Waals surface area contributed by atoms with Crippen molar-refractivity contribution in [2.24, 2.45) is 5.92 Å². The summed E-state index contributed by atoms with van der Waals surface area (Å²) in [6, 6.07) is 0.318. The highest BCUT2D eigenvalue weighted by Gasteiger charge is 2.25. The summed E-state index contributed by atoms with van der Waals surface area (Å²) < 4.78 is 0. The van der Waals surface area contributed by atoms with Crippen LogP contribution in [0.15, 0.2) is 18.6 Å². The minimum atomic E-state index is 0. The Morgan fingerprint density at radius 1 is 1.35 bits per heavy atom. The zero-order chi connectivity index (χ0) is 15.1. The molecule has 1 aliphatic rings. The lowest BCUT2D eigenvalue weighted by atomic mass is 9.96.